The van der Waals surface area contributed by atoms with Crippen LogP contribution < -0.4 is 5.32 Å². The number of benzene rings is 1. The Morgan fingerprint density at radius 1 is 1.41 bits per heavy atom. The predicted molar refractivity (Wildman–Crippen MR) is 68.5 cm³/mol. The highest BCUT2D eigenvalue weighted by atomic mass is 16.5. The smallest absolute Gasteiger partial charge is 0.140 e. The fraction of sp³-hybridized carbons (Fsp3) is 0.500. The summed E-state index contributed by atoms with van der Waals surface area (Å²) in [6.07, 6.45) is 1.28. The Kier molecular flexibility index (Phi) is 2.63. The summed E-state index contributed by atoms with van der Waals surface area (Å²) in [5.74, 6) is 1.00. The van der Waals surface area contributed by atoms with Crippen molar-refractivity contribution in [2.45, 2.75) is 32.5 Å². The Morgan fingerprint density at radius 3 is 3.06 bits per heavy atom. The maximum absolute atomic E-state index is 6.06. The summed E-state index contributed by atoms with van der Waals surface area (Å²) in [6.45, 7) is 6.12. The molecule has 17 heavy (non-hydrogen) atoms. The van der Waals surface area contributed by atoms with Crippen LogP contribution in [0, 0.1) is 6.92 Å². The summed E-state index contributed by atoms with van der Waals surface area (Å²) in [4.78, 5) is 4.50. The van der Waals surface area contributed by atoms with Crippen molar-refractivity contribution < 1.29 is 4.74 Å². The van der Waals surface area contributed by atoms with Gasteiger partial charge in [0.15, 0.2) is 0 Å². The average molecular weight is 230 g/mol. The van der Waals surface area contributed by atoms with Crippen LogP contribution >= 0.6 is 0 Å². The molecule has 0 saturated carbocycles. The first-order valence-electron chi connectivity index (χ1n) is 6.28. The number of aryl methyl sites for hydroxylation is 1. The molecule has 2 atom stereocenters. The van der Waals surface area contributed by atoms with E-state index >= 15 is 0 Å². The van der Waals surface area contributed by atoms with Gasteiger partial charge in [0.1, 0.15) is 11.9 Å². The molecule has 1 aromatic rings. The minimum Gasteiger partial charge on any atom is -0.369 e. The van der Waals surface area contributed by atoms with Crippen LogP contribution in [0.5, 0.6) is 0 Å². The van der Waals surface area contributed by atoms with E-state index < -0.39 is 0 Å². The van der Waals surface area contributed by atoms with Crippen molar-refractivity contribution in [3.05, 3.63) is 34.9 Å². The summed E-state index contributed by atoms with van der Waals surface area (Å²) in [6, 6.07) is 6.45. The highest BCUT2D eigenvalue weighted by Crippen LogP contribution is 2.33. The molecule has 2 aliphatic rings. The van der Waals surface area contributed by atoms with Gasteiger partial charge in [-0.1, -0.05) is 18.2 Å². The second-order valence-electron chi connectivity index (χ2n) is 4.87. The Hall–Kier alpha value is -1.35. The lowest BCUT2D eigenvalue weighted by Crippen LogP contribution is -2.34. The predicted octanol–water partition coefficient (Wildman–Crippen LogP) is 2.00. The maximum Gasteiger partial charge on any atom is 0.140 e. The van der Waals surface area contributed by atoms with Gasteiger partial charge in [-0.05, 0) is 37.0 Å². The van der Waals surface area contributed by atoms with Gasteiger partial charge in [-0.2, -0.15) is 0 Å². The minimum atomic E-state index is 0.0103. The second kappa shape index (κ2) is 4.15. The number of aliphatic imine (C=N–C) groups is 1. The molecule has 0 aromatic heterocycles. The Labute approximate surface area is 102 Å². The van der Waals surface area contributed by atoms with Gasteiger partial charge in [0.2, 0.25) is 0 Å². The van der Waals surface area contributed by atoms with Crippen molar-refractivity contribution in [3.63, 3.8) is 0 Å². The van der Waals surface area contributed by atoms with E-state index in [1.54, 1.807) is 0 Å². The van der Waals surface area contributed by atoms with Crippen molar-refractivity contribution >= 4 is 5.84 Å². The molecule has 0 saturated heterocycles. The molecule has 3 nitrogen and oxygen atoms in total. The van der Waals surface area contributed by atoms with E-state index in [-0.39, 0.29) is 12.2 Å². The zero-order valence-electron chi connectivity index (χ0n) is 10.4. The summed E-state index contributed by atoms with van der Waals surface area (Å²) < 4.78 is 6.06. The Bertz CT molecular complexity index is 467. The van der Waals surface area contributed by atoms with Gasteiger partial charge in [-0.25, -0.2) is 0 Å². The van der Waals surface area contributed by atoms with Crippen LogP contribution in [0.3, 0.4) is 0 Å². The maximum atomic E-state index is 6.06. The summed E-state index contributed by atoms with van der Waals surface area (Å²) in [5, 5.41) is 3.33. The standard InChI is InChI=1S/C14H18N2O/c1-9-4-3-5-11-12(9)8-10(2)17-13(11)14-15-6-7-16-14/h3-5,10,13H,6-8H2,1-2H3,(H,15,16). The van der Waals surface area contributed by atoms with Crippen LogP contribution in [-0.2, 0) is 11.2 Å². The number of hydrogen-bond donors (Lipinski definition) is 1. The Morgan fingerprint density at radius 2 is 2.29 bits per heavy atom. The van der Waals surface area contributed by atoms with Gasteiger partial charge in [-0.15, -0.1) is 0 Å². The van der Waals surface area contributed by atoms with Crippen molar-refractivity contribution in [2.24, 2.45) is 4.99 Å². The number of nitrogens with zero attached hydrogens (tertiary/aromatic N) is 1. The lowest BCUT2D eigenvalue weighted by atomic mass is 9.90. The number of ether oxygens (including phenoxy) is 1. The molecule has 1 aromatic carbocycles. The highest BCUT2D eigenvalue weighted by Gasteiger charge is 2.30. The molecular formula is C14H18N2O. The molecular weight excluding hydrogens is 212 g/mol. The second-order valence-corrected chi connectivity index (χ2v) is 4.87. The van der Waals surface area contributed by atoms with Crippen molar-refractivity contribution in [1.29, 1.82) is 0 Å². The zero-order valence-corrected chi connectivity index (χ0v) is 10.4. The van der Waals surface area contributed by atoms with Crippen LogP contribution in [0.25, 0.3) is 0 Å². The number of hydrogen-bond acceptors (Lipinski definition) is 3. The molecule has 0 bridgehead atoms. The molecule has 2 heterocycles. The van der Waals surface area contributed by atoms with Gasteiger partial charge < -0.3 is 10.1 Å². The van der Waals surface area contributed by atoms with E-state index in [0.717, 1.165) is 25.3 Å². The summed E-state index contributed by atoms with van der Waals surface area (Å²) in [7, 11) is 0. The number of rotatable bonds is 1. The highest BCUT2D eigenvalue weighted by molar-refractivity contribution is 5.89. The minimum absolute atomic E-state index is 0.0103. The lowest BCUT2D eigenvalue weighted by molar-refractivity contribution is 0.0206. The molecule has 3 rings (SSSR count). The number of nitrogens with one attached hydrogen (secondary N) is 1. The quantitative estimate of drug-likeness (QED) is 0.800. The zero-order chi connectivity index (χ0) is 11.8. The third kappa shape index (κ3) is 1.84. The molecule has 1 N–H and O–H groups in total. The molecule has 90 valence electrons. The molecule has 2 unspecified atom stereocenters. The first kappa shape index (κ1) is 10.8. The average Bonchev–Trinajstić information content (AvgIpc) is 2.83. The summed E-state index contributed by atoms with van der Waals surface area (Å²) in [5.41, 5.74) is 4.09. The number of fused-ring (bicyclic) bond motifs is 1. The van der Waals surface area contributed by atoms with E-state index in [0.29, 0.717) is 0 Å². The molecule has 0 aliphatic carbocycles. The molecule has 2 aliphatic heterocycles. The van der Waals surface area contributed by atoms with E-state index in [2.05, 4.69) is 42.4 Å². The largest absolute Gasteiger partial charge is 0.369 e. The molecule has 0 spiro atoms. The van der Waals surface area contributed by atoms with Crippen LogP contribution in [0.4, 0.5) is 0 Å². The fourth-order valence-electron chi connectivity index (χ4n) is 2.69. The third-order valence-corrected chi connectivity index (χ3v) is 3.54. The monoisotopic (exact) mass is 230 g/mol. The molecule has 0 amide bonds. The normalized spacial score (nSPS) is 27.3. The molecule has 0 fully saturated rings. The third-order valence-electron chi connectivity index (χ3n) is 3.54. The summed E-state index contributed by atoms with van der Waals surface area (Å²) >= 11 is 0. The molecule has 0 radical (unpaired) electrons. The first-order chi connectivity index (χ1) is 8.25. The van der Waals surface area contributed by atoms with Crippen molar-refractivity contribution in [3.8, 4) is 0 Å². The van der Waals surface area contributed by atoms with Gasteiger partial charge in [0, 0.05) is 6.54 Å². The van der Waals surface area contributed by atoms with Gasteiger partial charge in [-0.3, -0.25) is 4.99 Å². The van der Waals surface area contributed by atoms with Gasteiger partial charge in [0.25, 0.3) is 0 Å². The fourth-order valence-corrected chi connectivity index (χ4v) is 2.69. The lowest BCUT2D eigenvalue weighted by Gasteiger charge is -2.31. The molecule has 3 heteroatoms. The van der Waals surface area contributed by atoms with E-state index in [9.17, 15) is 0 Å². The topological polar surface area (TPSA) is 33.6 Å². The van der Waals surface area contributed by atoms with E-state index in [4.69, 9.17) is 4.74 Å². The van der Waals surface area contributed by atoms with Crippen LogP contribution in [0.2, 0.25) is 0 Å². The number of amidine groups is 1. The van der Waals surface area contributed by atoms with E-state index in [1.807, 2.05) is 0 Å². The van der Waals surface area contributed by atoms with Crippen molar-refractivity contribution in [1.82, 2.24) is 5.32 Å². The van der Waals surface area contributed by atoms with Gasteiger partial charge in [0.05, 0.1) is 12.6 Å². The Balaban J connectivity index is 2.04. The van der Waals surface area contributed by atoms with Crippen molar-refractivity contribution in [2.75, 3.05) is 13.1 Å². The first-order valence-corrected chi connectivity index (χ1v) is 6.28. The SMILES string of the molecule is Cc1cccc2c1CC(C)OC2C1=NCCN1. The van der Waals surface area contributed by atoms with Gasteiger partial charge >= 0.3 is 0 Å². The van der Waals surface area contributed by atoms with E-state index in [1.165, 1.54) is 16.7 Å². The van der Waals surface area contributed by atoms with Crippen LogP contribution in [0.15, 0.2) is 23.2 Å². The van der Waals surface area contributed by atoms with Crippen LogP contribution in [-0.4, -0.2) is 25.0 Å². The van der Waals surface area contributed by atoms with Crippen LogP contribution in [0.1, 0.15) is 29.7 Å².